The fourth-order valence-corrected chi connectivity index (χ4v) is 3.39. The number of hydrogen-bond donors (Lipinski definition) is 1. The van der Waals surface area contributed by atoms with Crippen molar-refractivity contribution in [3.63, 3.8) is 0 Å². The van der Waals surface area contributed by atoms with E-state index in [0.29, 0.717) is 16.1 Å². The third-order valence-corrected chi connectivity index (χ3v) is 5.01. The highest BCUT2D eigenvalue weighted by molar-refractivity contribution is 7.99. The highest BCUT2D eigenvalue weighted by atomic mass is 35.5. The maximum atomic E-state index is 6.09. The van der Waals surface area contributed by atoms with Crippen LogP contribution < -0.4 is 5.32 Å². The van der Waals surface area contributed by atoms with Crippen LogP contribution in [0.4, 0.5) is 0 Å². The molecule has 0 aliphatic carbocycles. The average molecular weight is 344 g/mol. The van der Waals surface area contributed by atoms with Crippen molar-refractivity contribution in [2.75, 3.05) is 0 Å². The molecule has 1 aromatic carbocycles. The molecule has 0 unspecified atom stereocenters. The number of aryl methyl sites for hydroxylation is 2. The van der Waals surface area contributed by atoms with Gasteiger partial charge in [0.1, 0.15) is 5.03 Å². The number of nitrogens with one attached hydrogen (secondary N) is 1. The van der Waals surface area contributed by atoms with Crippen LogP contribution in [-0.2, 0) is 13.6 Å². The zero-order valence-electron chi connectivity index (χ0n) is 12.6. The van der Waals surface area contributed by atoms with Crippen molar-refractivity contribution >= 4 is 35.0 Å². The molecule has 0 radical (unpaired) electrons. The molecule has 0 amide bonds. The molecule has 3 nitrogen and oxygen atoms in total. The molecule has 0 bridgehead atoms. The maximum Gasteiger partial charge on any atom is 0.103 e. The van der Waals surface area contributed by atoms with E-state index in [4.69, 9.17) is 23.2 Å². The van der Waals surface area contributed by atoms with E-state index in [0.717, 1.165) is 22.2 Å². The van der Waals surface area contributed by atoms with Gasteiger partial charge in [0.2, 0.25) is 0 Å². The molecule has 0 fully saturated rings. The third kappa shape index (κ3) is 4.16. The standard InChI is InChI=1S/C15H19Cl2N3S/c1-9(2)18-8-12-10(3)19-20(4)15(12)21-11-5-6-13(16)14(17)7-11/h5-7,9,18H,8H2,1-4H3. The first kappa shape index (κ1) is 16.7. The lowest BCUT2D eigenvalue weighted by Gasteiger charge is -2.10. The Hall–Kier alpha value is -0.680. The van der Waals surface area contributed by atoms with Gasteiger partial charge in [-0.05, 0) is 25.1 Å². The predicted octanol–water partition coefficient (Wildman–Crippen LogP) is 4.68. The van der Waals surface area contributed by atoms with Crippen LogP contribution in [-0.4, -0.2) is 15.8 Å². The van der Waals surface area contributed by atoms with Gasteiger partial charge in [-0.25, -0.2) is 0 Å². The second kappa shape index (κ2) is 7.05. The Labute approximate surface area is 140 Å². The monoisotopic (exact) mass is 343 g/mol. The summed E-state index contributed by atoms with van der Waals surface area (Å²) in [5.41, 5.74) is 2.27. The summed E-state index contributed by atoms with van der Waals surface area (Å²) in [7, 11) is 1.96. The molecule has 1 heterocycles. The number of hydrogen-bond acceptors (Lipinski definition) is 3. The molecular formula is C15H19Cl2N3S. The molecule has 0 aliphatic rings. The van der Waals surface area contributed by atoms with E-state index in [9.17, 15) is 0 Å². The SMILES string of the molecule is Cc1nn(C)c(Sc2ccc(Cl)c(Cl)c2)c1CNC(C)C. The van der Waals surface area contributed by atoms with E-state index in [-0.39, 0.29) is 0 Å². The molecule has 0 saturated heterocycles. The Morgan fingerprint density at radius 2 is 2.00 bits per heavy atom. The van der Waals surface area contributed by atoms with Gasteiger partial charge in [0, 0.05) is 30.1 Å². The summed E-state index contributed by atoms with van der Waals surface area (Å²) in [4.78, 5) is 1.05. The third-order valence-electron chi connectivity index (χ3n) is 3.08. The van der Waals surface area contributed by atoms with Crippen LogP contribution in [0.1, 0.15) is 25.1 Å². The van der Waals surface area contributed by atoms with Crippen molar-refractivity contribution in [2.45, 2.75) is 43.3 Å². The quantitative estimate of drug-likeness (QED) is 0.854. The molecule has 0 aliphatic heterocycles. The van der Waals surface area contributed by atoms with Crippen LogP contribution in [0.5, 0.6) is 0 Å². The first-order valence-electron chi connectivity index (χ1n) is 6.77. The van der Waals surface area contributed by atoms with Gasteiger partial charge in [-0.3, -0.25) is 4.68 Å². The van der Waals surface area contributed by atoms with Crippen LogP contribution in [0.2, 0.25) is 10.0 Å². The van der Waals surface area contributed by atoms with Gasteiger partial charge in [-0.15, -0.1) is 0 Å². The molecule has 2 rings (SSSR count). The van der Waals surface area contributed by atoms with Crippen molar-refractivity contribution in [1.29, 1.82) is 0 Å². The minimum atomic E-state index is 0.437. The minimum Gasteiger partial charge on any atom is -0.310 e. The van der Waals surface area contributed by atoms with Gasteiger partial charge in [-0.1, -0.05) is 48.8 Å². The fraction of sp³-hybridized carbons (Fsp3) is 0.400. The normalized spacial score (nSPS) is 11.4. The topological polar surface area (TPSA) is 29.9 Å². The van der Waals surface area contributed by atoms with Crippen LogP contribution >= 0.6 is 35.0 Å². The largest absolute Gasteiger partial charge is 0.310 e. The van der Waals surface area contributed by atoms with Gasteiger partial charge < -0.3 is 5.32 Å². The summed E-state index contributed by atoms with van der Waals surface area (Å²) >= 11 is 13.7. The van der Waals surface area contributed by atoms with E-state index < -0.39 is 0 Å². The van der Waals surface area contributed by atoms with Crippen LogP contribution in [0.25, 0.3) is 0 Å². The van der Waals surface area contributed by atoms with Crippen molar-refractivity contribution < 1.29 is 0 Å². The molecule has 1 N–H and O–H groups in total. The molecule has 0 spiro atoms. The fourth-order valence-electron chi connectivity index (χ4n) is 1.97. The lowest BCUT2D eigenvalue weighted by molar-refractivity contribution is 0.580. The van der Waals surface area contributed by atoms with E-state index in [2.05, 4.69) is 24.3 Å². The second-order valence-corrected chi connectivity index (χ2v) is 7.08. The zero-order valence-corrected chi connectivity index (χ0v) is 14.9. The first-order chi connectivity index (χ1) is 9.88. The van der Waals surface area contributed by atoms with E-state index in [1.165, 1.54) is 5.56 Å². The molecule has 0 saturated carbocycles. The number of nitrogens with zero attached hydrogens (tertiary/aromatic N) is 2. The summed E-state index contributed by atoms with van der Waals surface area (Å²) in [6, 6.07) is 6.12. The predicted molar refractivity (Wildman–Crippen MR) is 90.5 cm³/mol. The van der Waals surface area contributed by atoms with Gasteiger partial charge in [0.15, 0.2) is 0 Å². The van der Waals surface area contributed by atoms with Gasteiger partial charge in [0.25, 0.3) is 0 Å². The molecule has 0 atom stereocenters. The molecule has 1 aromatic heterocycles. The van der Waals surface area contributed by atoms with Crippen LogP contribution in [0.15, 0.2) is 28.1 Å². The Kier molecular flexibility index (Phi) is 5.60. The van der Waals surface area contributed by atoms with Crippen LogP contribution in [0, 0.1) is 6.92 Å². The van der Waals surface area contributed by atoms with Gasteiger partial charge in [-0.2, -0.15) is 5.10 Å². The Morgan fingerprint density at radius 3 is 2.62 bits per heavy atom. The van der Waals surface area contributed by atoms with E-state index in [1.54, 1.807) is 11.8 Å². The molecule has 2 aromatic rings. The van der Waals surface area contributed by atoms with E-state index >= 15 is 0 Å². The zero-order chi connectivity index (χ0) is 15.6. The van der Waals surface area contributed by atoms with Gasteiger partial charge in [0.05, 0.1) is 15.7 Å². The Balaban J connectivity index is 2.28. The summed E-state index contributed by atoms with van der Waals surface area (Å²) in [6.07, 6.45) is 0. The molecular weight excluding hydrogens is 325 g/mol. The van der Waals surface area contributed by atoms with Gasteiger partial charge >= 0.3 is 0 Å². The molecule has 114 valence electrons. The number of aromatic nitrogens is 2. The van der Waals surface area contributed by atoms with Crippen molar-refractivity contribution in [2.24, 2.45) is 7.05 Å². The first-order valence-corrected chi connectivity index (χ1v) is 8.34. The summed E-state index contributed by atoms with van der Waals surface area (Å²) in [5, 5.41) is 10.2. The summed E-state index contributed by atoms with van der Waals surface area (Å²) in [6.45, 7) is 7.12. The summed E-state index contributed by atoms with van der Waals surface area (Å²) in [5.74, 6) is 0. The maximum absolute atomic E-state index is 6.09. The second-order valence-electron chi connectivity index (χ2n) is 5.21. The van der Waals surface area contributed by atoms with Crippen LogP contribution in [0.3, 0.4) is 0 Å². The highest BCUT2D eigenvalue weighted by Gasteiger charge is 2.15. The van der Waals surface area contributed by atoms with E-state index in [1.807, 2.05) is 36.9 Å². The summed E-state index contributed by atoms with van der Waals surface area (Å²) < 4.78 is 1.92. The lowest BCUT2D eigenvalue weighted by Crippen LogP contribution is -2.22. The molecule has 6 heteroatoms. The molecule has 21 heavy (non-hydrogen) atoms. The Bertz CT molecular complexity index is 638. The van der Waals surface area contributed by atoms with Crippen molar-refractivity contribution in [1.82, 2.24) is 15.1 Å². The number of rotatable bonds is 5. The highest BCUT2D eigenvalue weighted by Crippen LogP contribution is 2.35. The number of benzene rings is 1. The lowest BCUT2D eigenvalue weighted by atomic mass is 10.2. The number of halogens is 2. The van der Waals surface area contributed by atoms with Crippen molar-refractivity contribution in [3.8, 4) is 0 Å². The van der Waals surface area contributed by atoms with Crippen molar-refractivity contribution in [3.05, 3.63) is 39.5 Å². The Morgan fingerprint density at radius 1 is 1.29 bits per heavy atom. The average Bonchev–Trinajstić information content (AvgIpc) is 2.66. The minimum absolute atomic E-state index is 0.437. The smallest absolute Gasteiger partial charge is 0.103 e.